The van der Waals surface area contributed by atoms with Crippen molar-refractivity contribution < 1.29 is 18.6 Å². The summed E-state index contributed by atoms with van der Waals surface area (Å²) in [6.07, 6.45) is 2.17. The van der Waals surface area contributed by atoms with Crippen molar-refractivity contribution in [1.29, 1.82) is 0 Å². The van der Waals surface area contributed by atoms with Gasteiger partial charge in [-0.1, -0.05) is 0 Å². The molecule has 2 heterocycles. The predicted octanol–water partition coefficient (Wildman–Crippen LogP) is 3.66. The minimum absolute atomic E-state index is 0.262. The van der Waals surface area contributed by atoms with Gasteiger partial charge in [0, 0.05) is 23.9 Å². The summed E-state index contributed by atoms with van der Waals surface area (Å²) in [5, 5.41) is 0.741. The van der Waals surface area contributed by atoms with Crippen LogP contribution in [0.5, 0.6) is 17.2 Å². The monoisotopic (exact) mass is 426 g/mol. The van der Waals surface area contributed by atoms with Gasteiger partial charge in [0.15, 0.2) is 11.5 Å². The maximum absolute atomic E-state index is 13.0. The molecule has 31 heavy (non-hydrogen) atoms. The van der Waals surface area contributed by atoms with Gasteiger partial charge in [-0.15, -0.1) is 0 Å². The molecule has 8 heteroatoms. The highest BCUT2D eigenvalue weighted by atomic mass is 19.1. The average molecular weight is 426 g/mol. The lowest BCUT2D eigenvalue weighted by molar-refractivity contribution is 0.123. The fourth-order valence-electron chi connectivity index (χ4n) is 3.98. The number of hydrogen-bond donors (Lipinski definition) is 1. The third-order valence-corrected chi connectivity index (χ3v) is 5.54. The minimum Gasteiger partial charge on any atom is -0.493 e. The standard InChI is InChI=1S/C23H27FN4O3/c1-29-20-10-18-19(11-21(20)30-2)26-22(27-23(18)25)13-28-9-3-4-15(12-28)14-31-17-7-5-16(24)6-8-17/h5-8,10-11,15H,3-4,9,12-14H2,1-2H3,(H2,25,26,27)/t15-/m1/s1. The van der Waals surface area contributed by atoms with Crippen LogP contribution < -0.4 is 19.9 Å². The van der Waals surface area contributed by atoms with Crippen LogP contribution >= 0.6 is 0 Å². The topological polar surface area (TPSA) is 82.7 Å². The number of rotatable bonds is 7. The molecular weight excluding hydrogens is 399 g/mol. The van der Waals surface area contributed by atoms with Crippen LogP contribution in [0.1, 0.15) is 18.7 Å². The molecule has 0 radical (unpaired) electrons. The summed E-state index contributed by atoms with van der Waals surface area (Å²) in [5.74, 6) is 3.12. The maximum Gasteiger partial charge on any atom is 0.162 e. The Labute approximate surface area is 180 Å². The van der Waals surface area contributed by atoms with E-state index in [1.165, 1.54) is 12.1 Å². The van der Waals surface area contributed by atoms with Crippen molar-refractivity contribution in [3.63, 3.8) is 0 Å². The summed E-state index contributed by atoms with van der Waals surface area (Å²) in [4.78, 5) is 11.5. The fraction of sp³-hybridized carbons (Fsp3) is 0.391. The van der Waals surface area contributed by atoms with Crippen LogP contribution in [-0.4, -0.2) is 48.8 Å². The van der Waals surface area contributed by atoms with Gasteiger partial charge >= 0.3 is 0 Å². The van der Waals surface area contributed by atoms with Gasteiger partial charge in [-0.05, 0) is 49.7 Å². The highest BCUT2D eigenvalue weighted by Crippen LogP contribution is 2.33. The van der Waals surface area contributed by atoms with Crippen molar-refractivity contribution in [3.05, 3.63) is 48.0 Å². The summed E-state index contributed by atoms with van der Waals surface area (Å²) in [6.45, 7) is 3.07. The highest BCUT2D eigenvalue weighted by molar-refractivity contribution is 5.90. The zero-order valence-electron chi connectivity index (χ0n) is 17.8. The van der Waals surface area contributed by atoms with E-state index < -0.39 is 0 Å². The Bertz CT molecular complexity index is 1050. The quantitative estimate of drug-likeness (QED) is 0.617. The second kappa shape index (κ2) is 9.34. The third-order valence-electron chi connectivity index (χ3n) is 5.54. The molecule has 0 spiro atoms. The lowest BCUT2D eigenvalue weighted by atomic mass is 9.99. The van der Waals surface area contributed by atoms with E-state index in [1.54, 1.807) is 32.4 Å². The van der Waals surface area contributed by atoms with E-state index >= 15 is 0 Å². The summed E-state index contributed by atoms with van der Waals surface area (Å²) in [7, 11) is 3.18. The lowest BCUT2D eigenvalue weighted by Gasteiger charge is -2.32. The van der Waals surface area contributed by atoms with Crippen LogP contribution in [0.25, 0.3) is 10.9 Å². The predicted molar refractivity (Wildman–Crippen MR) is 117 cm³/mol. The van der Waals surface area contributed by atoms with E-state index in [-0.39, 0.29) is 5.82 Å². The van der Waals surface area contributed by atoms with Crippen molar-refractivity contribution in [2.75, 3.05) is 39.6 Å². The third kappa shape index (κ3) is 4.96. The average Bonchev–Trinajstić information content (AvgIpc) is 2.78. The van der Waals surface area contributed by atoms with Crippen LogP contribution in [0, 0.1) is 11.7 Å². The molecule has 7 nitrogen and oxygen atoms in total. The van der Waals surface area contributed by atoms with E-state index in [2.05, 4.69) is 9.88 Å². The van der Waals surface area contributed by atoms with Crippen molar-refractivity contribution >= 4 is 16.7 Å². The smallest absolute Gasteiger partial charge is 0.162 e. The van der Waals surface area contributed by atoms with E-state index in [0.717, 1.165) is 36.8 Å². The summed E-state index contributed by atoms with van der Waals surface area (Å²) in [5.41, 5.74) is 6.94. The Kier molecular flexibility index (Phi) is 6.36. The van der Waals surface area contributed by atoms with Crippen molar-refractivity contribution in [1.82, 2.24) is 14.9 Å². The number of ether oxygens (including phenoxy) is 3. The molecule has 1 aliphatic heterocycles. The second-order valence-electron chi connectivity index (χ2n) is 7.76. The maximum atomic E-state index is 13.0. The molecule has 1 aliphatic rings. The number of nitrogen functional groups attached to an aromatic ring is 1. The summed E-state index contributed by atoms with van der Waals surface area (Å²) < 4.78 is 29.6. The van der Waals surface area contributed by atoms with Gasteiger partial charge in [0.2, 0.25) is 0 Å². The SMILES string of the molecule is COc1cc2nc(CN3CCC[C@@H](COc4ccc(F)cc4)C3)nc(N)c2cc1OC. The van der Waals surface area contributed by atoms with E-state index in [4.69, 9.17) is 24.9 Å². The molecule has 1 atom stereocenters. The van der Waals surface area contributed by atoms with Crippen LogP contribution in [0.4, 0.5) is 10.2 Å². The Morgan fingerprint density at radius 2 is 1.84 bits per heavy atom. The number of nitrogens with two attached hydrogens (primary N) is 1. The molecule has 2 aromatic carbocycles. The largest absolute Gasteiger partial charge is 0.493 e. The van der Waals surface area contributed by atoms with Crippen molar-refractivity contribution in [3.8, 4) is 17.2 Å². The molecule has 1 fully saturated rings. The van der Waals surface area contributed by atoms with Gasteiger partial charge in [0.25, 0.3) is 0 Å². The van der Waals surface area contributed by atoms with Gasteiger partial charge in [-0.25, -0.2) is 14.4 Å². The van der Waals surface area contributed by atoms with Crippen molar-refractivity contribution in [2.45, 2.75) is 19.4 Å². The Hall–Kier alpha value is -3.13. The number of fused-ring (bicyclic) bond motifs is 1. The molecule has 0 saturated carbocycles. The zero-order valence-corrected chi connectivity index (χ0v) is 17.8. The summed E-state index contributed by atoms with van der Waals surface area (Å²) in [6, 6.07) is 9.77. The van der Waals surface area contributed by atoms with Gasteiger partial charge in [-0.3, -0.25) is 4.90 Å². The molecule has 0 amide bonds. The molecule has 0 unspecified atom stereocenters. The normalized spacial score (nSPS) is 16.9. The fourth-order valence-corrected chi connectivity index (χ4v) is 3.98. The molecule has 2 N–H and O–H groups in total. The first-order valence-electron chi connectivity index (χ1n) is 10.3. The number of piperidine rings is 1. The Morgan fingerprint density at radius 1 is 1.10 bits per heavy atom. The lowest BCUT2D eigenvalue weighted by Crippen LogP contribution is -2.37. The van der Waals surface area contributed by atoms with Crippen molar-refractivity contribution in [2.24, 2.45) is 5.92 Å². The van der Waals surface area contributed by atoms with Crippen LogP contribution in [0.15, 0.2) is 36.4 Å². The molecule has 0 aliphatic carbocycles. The van der Waals surface area contributed by atoms with Gasteiger partial charge in [-0.2, -0.15) is 0 Å². The number of benzene rings is 2. The van der Waals surface area contributed by atoms with Crippen LogP contribution in [0.3, 0.4) is 0 Å². The molecular formula is C23H27FN4O3. The number of likely N-dealkylation sites (tertiary alicyclic amines) is 1. The minimum atomic E-state index is -0.262. The number of halogens is 1. The van der Waals surface area contributed by atoms with Gasteiger partial charge in [0.05, 0.1) is 32.9 Å². The number of anilines is 1. The molecule has 1 saturated heterocycles. The van der Waals surface area contributed by atoms with Gasteiger partial charge < -0.3 is 19.9 Å². The molecule has 3 aromatic rings. The number of hydrogen-bond acceptors (Lipinski definition) is 7. The first kappa shape index (κ1) is 21.1. The van der Waals surface area contributed by atoms with Crippen LogP contribution in [0.2, 0.25) is 0 Å². The van der Waals surface area contributed by atoms with E-state index in [1.807, 2.05) is 6.07 Å². The first-order valence-corrected chi connectivity index (χ1v) is 10.3. The Morgan fingerprint density at radius 3 is 2.58 bits per heavy atom. The first-order chi connectivity index (χ1) is 15.1. The van der Waals surface area contributed by atoms with E-state index in [9.17, 15) is 4.39 Å². The molecule has 164 valence electrons. The number of aromatic nitrogens is 2. The second-order valence-corrected chi connectivity index (χ2v) is 7.76. The molecule has 0 bridgehead atoms. The molecule has 4 rings (SSSR count). The number of nitrogens with zero attached hydrogens (tertiary/aromatic N) is 3. The highest BCUT2D eigenvalue weighted by Gasteiger charge is 2.22. The molecule has 1 aromatic heterocycles. The van der Waals surface area contributed by atoms with E-state index in [0.29, 0.717) is 48.0 Å². The van der Waals surface area contributed by atoms with Crippen LogP contribution in [-0.2, 0) is 6.54 Å². The zero-order chi connectivity index (χ0) is 21.8. The summed E-state index contributed by atoms with van der Waals surface area (Å²) >= 11 is 0. The van der Waals surface area contributed by atoms with Gasteiger partial charge in [0.1, 0.15) is 23.2 Å². The Balaban J connectivity index is 1.43. The number of methoxy groups -OCH3 is 2.